The molecule has 0 fully saturated rings. The fraction of sp³-hybridized carbons (Fsp3) is 0.364. The Labute approximate surface area is 88.9 Å². The quantitative estimate of drug-likeness (QED) is 0.749. The van der Waals surface area contributed by atoms with Gasteiger partial charge in [0.15, 0.2) is 5.82 Å². The maximum absolute atomic E-state index is 4.02. The Kier molecular flexibility index (Phi) is 2.49. The van der Waals surface area contributed by atoms with E-state index in [9.17, 15) is 0 Å². The number of aryl methyl sites for hydroxylation is 1. The van der Waals surface area contributed by atoms with Crippen molar-refractivity contribution in [1.29, 1.82) is 0 Å². The van der Waals surface area contributed by atoms with Crippen LogP contribution in [0.25, 0.3) is 5.69 Å². The second-order valence-electron chi connectivity index (χ2n) is 3.94. The summed E-state index contributed by atoms with van der Waals surface area (Å²) in [7, 11) is 0. The minimum absolute atomic E-state index is 0.321. The van der Waals surface area contributed by atoms with E-state index in [4.69, 9.17) is 0 Å². The van der Waals surface area contributed by atoms with Crippen molar-refractivity contribution < 1.29 is 0 Å². The molecule has 2 aromatic rings. The normalized spacial score (nSPS) is 10.9. The molecule has 78 valence electrons. The van der Waals surface area contributed by atoms with E-state index in [0.29, 0.717) is 5.92 Å². The third-order valence-electron chi connectivity index (χ3n) is 2.29. The van der Waals surface area contributed by atoms with Crippen LogP contribution in [0.4, 0.5) is 0 Å². The molecule has 0 aliphatic heterocycles. The first-order chi connectivity index (χ1) is 7.18. The lowest BCUT2D eigenvalue weighted by molar-refractivity contribution is 0.710. The third kappa shape index (κ3) is 1.88. The third-order valence-corrected chi connectivity index (χ3v) is 2.29. The molecule has 1 aromatic heterocycles. The molecule has 0 unspecified atom stereocenters. The smallest absolute Gasteiger partial charge is 0.159 e. The van der Waals surface area contributed by atoms with Crippen molar-refractivity contribution in [2.45, 2.75) is 26.7 Å². The lowest BCUT2D eigenvalue weighted by Crippen LogP contribution is -2.04. The van der Waals surface area contributed by atoms with Crippen molar-refractivity contribution in [1.82, 2.24) is 20.2 Å². The first-order valence-electron chi connectivity index (χ1n) is 5.04. The van der Waals surface area contributed by atoms with Gasteiger partial charge in [0.1, 0.15) is 0 Å². The second-order valence-corrected chi connectivity index (χ2v) is 3.94. The summed E-state index contributed by atoms with van der Waals surface area (Å²) in [4.78, 5) is 0. The Balaban J connectivity index is 2.45. The van der Waals surface area contributed by atoms with Crippen LogP contribution in [0, 0.1) is 6.92 Å². The Morgan fingerprint density at radius 3 is 2.40 bits per heavy atom. The number of rotatable bonds is 2. The van der Waals surface area contributed by atoms with E-state index in [0.717, 1.165) is 11.5 Å². The molecule has 0 saturated heterocycles. The summed E-state index contributed by atoms with van der Waals surface area (Å²) in [5, 5.41) is 11.7. The van der Waals surface area contributed by atoms with Gasteiger partial charge in [0, 0.05) is 5.92 Å². The Morgan fingerprint density at radius 1 is 1.13 bits per heavy atom. The summed E-state index contributed by atoms with van der Waals surface area (Å²) in [6.45, 7) is 6.22. The van der Waals surface area contributed by atoms with Crippen LogP contribution in [0.3, 0.4) is 0 Å². The molecule has 0 saturated carbocycles. The minimum Gasteiger partial charge on any atom is -0.197 e. The van der Waals surface area contributed by atoms with Crippen LogP contribution in [0.15, 0.2) is 24.3 Å². The SMILES string of the molecule is Cc1ccc(-n2nnnc2C(C)C)cc1. The van der Waals surface area contributed by atoms with E-state index < -0.39 is 0 Å². The molecule has 2 rings (SSSR count). The van der Waals surface area contributed by atoms with Gasteiger partial charge >= 0.3 is 0 Å². The lowest BCUT2D eigenvalue weighted by atomic mass is 10.2. The van der Waals surface area contributed by atoms with Gasteiger partial charge in [-0.3, -0.25) is 0 Å². The number of hydrogen-bond acceptors (Lipinski definition) is 3. The number of hydrogen-bond donors (Lipinski definition) is 0. The fourth-order valence-corrected chi connectivity index (χ4v) is 1.42. The van der Waals surface area contributed by atoms with Crippen LogP contribution in [0.5, 0.6) is 0 Å². The average molecular weight is 202 g/mol. The topological polar surface area (TPSA) is 43.6 Å². The van der Waals surface area contributed by atoms with Crippen molar-refractivity contribution in [3.8, 4) is 5.69 Å². The molecule has 1 aromatic carbocycles. The maximum atomic E-state index is 4.02. The second kappa shape index (κ2) is 3.81. The molecule has 0 N–H and O–H groups in total. The van der Waals surface area contributed by atoms with Gasteiger partial charge in [0.25, 0.3) is 0 Å². The molecule has 0 amide bonds. The predicted molar refractivity (Wildman–Crippen MR) is 58.0 cm³/mol. The van der Waals surface area contributed by atoms with E-state index in [2.05, 4.69) is 48.4 Å². The zero-order valence-electron chi connectivity index (χ0n) is 9.18. The molecule has 15 heavy (non-hydrogen) atoms. The Bertz CT molecular complexity index is 442. The summed E-state index contributed by atoms with van der Waals surface area (Å²) in [5.41, 5.74) is 2.24. The highest BCUT2D eigenvalue weighted by Gasteiger charge is 2.10. The first kappa shape index (κ1) is 9.83. The minimum atomic E-state index is 0.321. The molecular weight excluding hydrogens is 188 g/mol. The van der Waals surface area contributed by atoms with Crippen molar-refractivity contribution in [3.63, 3.8) is 0 Å². The molecular formula is C11H14N4. The molecule has 0 spiro atoms. The van der Waals surface area contributed by atoms with Gasteiger partial charge in [-0.1, -0.05) is 31.5 Å². The number of aromatic nitrogens is 4. The van der Waals surface area contributed by atoms with E-state index in [-0.39, 0.29) is 0 Å². The van der Waals surface area contributed by atoms with Crippen LogP contribution < -0.4 is 0 Å². The van der Waals surface area contributed by atoms with Crippen molar-refractivity contribution in [2.75, 3.05) is 0 Å². The molecule has 0 bridgehead atoms. The Hall–Kier alpha value is -1.71. The molecule has 1 heterocycles. The van der Waals surface area contributed by atoms with Gasteiger partial charge in [-0.15, -0.1) is 5.10 Å². The van der Waals surface area contributed by atoms with Gasteiger partial charge in [-0.2, -0.15) is 4.68 Å². The number of nitrogens with zero attached hydrogens (tertiary/aromatic N) is 4. The average Bonchev–Trinajstić information content (AvgIpc) is 2.67. The monoisotopic (exact) mass is 202 g/mol. The maximum Gasteiger partial charge on any atom is 0.159 e. The van der Waals surface area contributed by atoms with Crippen LogP contribution in [-0.2, 0) is 0 Å². The zero-order chi connectivity index (χ0) is 10.8. The standard InChI is InChI=1S/C11H14N4/c1-8(2)11-12-13-14-15(11)10-6-4-9(3)5-7-10/h4-8H,1-3H3. The Morgan fingerprint density at radius 2 is 1.80 bits per heavy atom. The highest BCUT2D eigenvalue weighted by atomic mass is 15.5. The van der Waals surface area contributed by atoms with Crippen LogP contribution in [0.1, 0.15) is 31.2 Å². The summed E-state index contributed by atoms with van der Waals surface area (Å²) in [5.74, 6) is 1.21. The summed E-state index contributed by atoms with van der Waals surface area (Å²) in [6.07, 6.45) is 0. The summed E-state index contributed by atoms with van der Waals surface area (Å²) >= 11 is 0. The fourth-order valence-electron chi connectivity index (χ4n) is 1.42. The number of benzene rings is 1. The van der Waals surface area contributed by atoms with Crippen molar-refractivity contribution in [3.05, 3.63) is 35.7 Å². The summed E-state index contributed by atoms with van der Waals surface area (Å²) < 4.78 is 1.78. The highest BCUT2D eigenvalue weighted by Crippen LogP contribution is 2.15. The lowest BCUT2D eigenvalue weighted by Gasteiger charge is -2.06. The zero-order valence-corrected chi connectivity index (χ0v) is 9.18. The predicted octanol–water partition coefficient (Wildman–Crippen LogP) is 2.09. The van der Waals surface area contributed by atoms with Gasteiger partial charge in [0.2, 0.25) is 0 Å². The first-order valence-corrected chi connectivity index (χ1v) is 5.04. The molecule has 0 radical (unpaired) electrons. The van der Waals surface area contributed by atoms with Crippen LogP contribution in [-0.4, -0.2) is 20.2 Å². The molecule has 4 heteroatoms. The van der Waals surface area contributed by atoms with Gasteiger partial charge in [-0.25, -0.2) is 0 Å². The molecule has 0 atom stereocenters. The van der Waals surface area contributed by atoms with Gasteiger partial charge in [-0.05, 0) is 29.5 Å². The van der Waals surface area contributed by atoms with Crippen LogP contribution >= 0.6 is 0 Å². The molecule has 0 aliphatic rings. The van der Waals surface area contributed by atoms with E-state index in [1.807, 2.05) is 12.1 Å². The highest BCUT2D eigenvalue weighted by molar-refractivity contribution is 5.33. The largest absolute Gasteiger partial charge is 0.197 e. The van der Waals surface area contributed by atoms with Gasteiger partial charge in [0.05, 0.1) is 5.69 Å². The molecule has 0 aliphatic carbocycles. The number of tetrazole rings is 1. The van der Waals surface area contributed by atoms with E-state index >= 15 is 0 Å². The van der Waals surface area contributed by atoms with Crippen molar-refractivity contribution in [2.24, 2.45) is 0 Å². The van der Waals surface area contributed by atoms with Crippen LogP contribution in [0.2, 0.25) is 0 Å². The van der Waals surface area contributed by atoms with E-state index in [1.165, 1.54) is 5.56 Å². The van der Waals surface area contributed by atoms with Crippen molar-refractivity contribution >= 4 is 0 Å². The van der Waals surface area contributed by atoms with E-state index in [1.54, 1.807) is 4.68 Å². The molecule has 4 nitrogen and oxygen atoms in total. The van der Waals surface area contributed by atoms with Gasteiger partial charge < -0.3 is 0 Å². The summed E-state index contributed by atoms with van der Waals surface area (Å²) in [6, 6.07) is 8.16.